The van der Waals surface area contributed by atoms with Gasteiger partial charge in [0, 0.05) is 6.54 Å². The molecule has 1 rings (SSSR count). The van der Waals surface area contributed by atoms with E-state index >= 15 is 0 Å². The normalized spacial score (nSPS) is 10.3. The summed E-state index contributed by atoms with van der Waals surface area (Å²) < 4.78 is 4.87. The van der Waals surface area contributed by atoms with Gasteiger partial charge in [0.15, 0.2) is 6.61 Å². The standard InChI is InChI=1S/C17H24N2O4/c1-11(2)9-18-17(22)19-15(20)10-23-16(21)8-14-6-5-12(3)13(4)7-14/h5-7,11H,8-10H2,1-4H3,(H2,18,19,20,22). The molecule has 0 aromatic heterocycles. The monoisotopic (exact) mass is 320 g/mol. The van der Waals surface area contributed by atoms with E-state index in [2.05, 4.69) is 10.6 Å². The Labute approximate surface area is 136 Å². The fourth-order valence-electron chi connectivity index (χ4n) is 1.78. The fraction of sp³-hybridized carbons (Fsp3) is 0.471. The molecule has 0 atom stereocenters. The number of hydrogen-bond donors (Lipinski definition) is 2. The van der Waals surface area contributed by atoms with E-state index in [0.29, 0.717) is 6.54 Å². The average Bonchev–Trinajstić information content (AvgIpc) is 2.47. The molecule has 0 heterocycles. The maximum Gasteiger partial charge on any atom is 0.321 e. The van der Waals surface area contributed by atoms with Gasteiger partial charge in [-0.05, 0) is 36.5 Å². The van der Waals surface area contributed by atoms with E-state index in [4.69, 9.17) is 4.74 Å². The van der Waals surface area contributed by atoms with E-state index in [1.807, 2.05) is 45.9 Å². The predicted octanol–water partition coefficient (Wildman–Crippen LogP) is 1.87. The van der Waals surface area contributed by atoms with Crippen molar-refractivity contribution in [2.45, 2.75) is 34.1 Å². The summed E-state index contributed by atoms with van der Waals surface area (Å²) in [7, 11) is 0. The number of ether oxygens (including phenoxy) is 1. The van der Waals surface area contributed by atoms with Crippen molar-refractivity contribution < 1.29 is 19.1 Å². The van der Waals surface area contributed by atoms with Gasteiger partial charge in [-0.2, -0.15) is 0 Å². The second-order valence-electron chi connectivity index (χ2n) is 5.91. The third-order valence-corrected chi connectivity index (χ3v) is 3.21. The average molecular weight is 320 g/mol. The van der Waals surface area contributed by atoms with E-state index in [9.17, 15) is 14.4 Å². The molecular weight excluding hydrogens is 296 g/mol. The summed E-state index contributed by atoms with van der Waals surface area (Å²) in [5.41, 5.74) is 3.07. The van der Waals surface area contributed by atoms with Crippen molar-refractivity contribution in [1.29, 1.82) is 0 Å². The Balaban J connectivity index is 2.33. The van der Waals surface area contributed by atoms with Crippen LogP contribution in [-0.2, 0) is 20.7 Å². The third-order valence-electron chi connectivity index (χ3n) is 3.21. The summed E-state index contributed by atoms with van der Waals surface area (Å²) >= 11 is 0. The lowest BCUT2D eigenvalue weighted by Gasteiger charge is -2.09. The van der Waals surface area contributed by atoms with Gasteiger partial charge in [-0.25, -0.2) is 4.79 Å². The predicted molar refractivity (Wildman–Crippen MR) is 87.0 cm³/mol. The van der Waals surface area contributed by atoms with E-state index in [-0.39, 0.29) is 12.3 Å². The summed E-state index contributed by atoms with van der Waals surface area (Å²) in [6.45, 7) is 7.83. The smallest absolute Gasteiger partial charge is 0.321 e. The molecule has 0 aliphatic rings. The molecule has 0 saturated heterocycles. The van der Waals surface area contributed by atoms with Crippen molar-refractivity contribution >= 4 is 17.9 Å². The van der Waals surface area contributed by atoms with Gasteiger partial charge >= 0.3 is 12.0 Å². The molecule has 0 saturated carbocycles. The number of carbonyl (C=O) groups excluding carboxylic acids is 3. The second kappa shape index (κ2) is 8.92. The van der Waals surface area contributed by atoms with Crippen molar-refractivity contribution in [3.63, 3.8) is 0 Å². The zero-order valence-electron chi connectivity index (χ0n) is 14.1. The highest BCUT2D eigenvalue weighted by Crippen LogP contribution is 2.10. The van der Waals surface area contributed by atoms with E-state index in [0.717, 1.165) is 16.7 Å². The number of rotatable bonds is 6. The van der Waals surface area contributed by atoms with E-state index in [1.165, 1.54) is 0 Å². The minimum absolute atomic E-state index is 0.0912. The number of nitrogens with one attached hydrogen (secondary N) is 2. The van der Waals surface area contributed by atoms with Crippen LogP contribution < -0.4 is 10.6 Å². The Kier molecular flexibility index (Phi) is 7.25. The lowest BCUT2D eigenvalue weighted by molar-refractivity contribution is -0.147. The molecule has 1 aromatic rings. The number of urea groups is 1. The van der Waals surface area contributed by atoms with Gasteiger partial charge in [0.2, 0.25) is 0 Å². The molecule has 0 aliphatic heterocycles. The molecule has 3 amide bonds. The lowest BCUT2D eigenvalue weighted by atomic mass is 10.0. The fourth-order valence-corrected chi connectivity index (χ4v) is 1.78. The largest absolute Gasteiger partial charge is 0.455 e. The maximum absolute atomic E-state index is 11.7. The van der Waals surface area contributed by atoms with Crippen LogP contribution in [0.3, 0.4) is 0 Å². The van der Waals surface area contributed by atoms with Gasteiger partial charge in [-0.1, -0.05) is 32.0 Å². The molecule has 0 aliphatic carbocycles. The first-order valence-electron chi connectivity index (χ1n) is 7.57. The van der Waals surface area contributed by atoms with Gasteiger partial charge in [0.1, 0.15) is 0 Å². The van der Waals surface area contributed by atoms with Crippen molar-refractivity contribution in [3.05, 3.63) is 34.9 Å². The first kappa shape index (κ1) is 18.7. The van der Waals surface area contributed by atoms with Crippen LogP contribution in [0.4, 0.5) is 4.79 Å². The van der Waals surface area contributed by atoms with Gasteiger partial charge in [-0.3, -0.25) is 14.9 Å². The van der Waals surface area contributed by atoms with Crippen LogP contribution in [-0.4, -0.2) is 31.1 Å². The Morgan fingerprint density at radius 3 is 2.43 bits per heavy atom. The SMILES string of the molecule is Cc1ccc(CC(=O)OCC(=O)NC(=O)NCC(C)C)cc1C. The Morgan fingerprint density at radius 2 is 1.83 bits per heavy atom. The van der Waals surface area contributed by atoms with Crippen molar-refractivity contribution in [2.75, 3.05) is 13.2 Å². The van der Waals surface area contributed by atoms with Gasteiger partial charge < -0.3 is 10.1 Å². The number of amides is 3. The summed E-state index contributed by atoms with van der Waals surface area (Å²) in [5.74, 6) is -0.877. The Hall–Kier alpha value is -2.37. The number of benzene rings is 1. The summed E-state index contributed by atoms with van der Waals surface area (Å²) in [6, 6.07) is 5.11. The molecule has 0 unspecified atom stereocenters. The first-order valence-corrected chi connectivity index (χ1v) is 7.57. The number of aryl methyl sites for hydroxylation is 2. The molecule has 23 heavy (non-hydrogen) atoms. The van der Waals surface area contributed by atoms with Crippen molar-refractivity contribution in [1.82, 2.24) is 10.6 Å². The van der Waals surface area contributed by atoms with Gasteiger partial charge in [-0.15, -0.1) is 0 Å². The molecule has 2 N–H and O–H groups in total. The lowest BCUT2D eigenvalue weighted by Crippen LogP contribution is -2.42. The summed E-state index contributed by atoms with van der Waals surface area (Å²) in [6.07, 6.45) is 0.0912. The Bertz CT molecular complexity index is 582. The molecule has 0 bridgehead atoms. The van der Waals surface area contributed by atoms with E-state index < -0.39 is 24.5 Å². The number of hydrogen-bond acceptors (Lipinski definition) is 4. The minimum Gasteiger partial charge on any atom is -0.455 e. The van der Waals surface area contributed by atoms with Crippen LogP contribution in [0.25, 0.3) is 0 Å². The highest BCUT2D eigenvalue weighted by molar-refractivity contribution is 5.95. The van der Waals surface area contributed by atoms with Crippen LogP contribution in [0.5, 0.6) is 0 Å². The summed E-state index contributed by atoms with van der Waals surface area (Å²) in [5, 5.41) is 4.65. The molecule has 0 radical (unpaired) electrons. The first-order chi connectivity index (χ1) is 10.8. The highest BCUT2D eigenvalue weighted by Gasteiger charge is 2.11. The minimum atomic E-state index is -0.653. The van der Waals surface area contributed by atoms with Crippen molar-refractivity contribution in [3.8, 4) is 0 Å². The van der Waals surface area contributed by atoms with E-state index in [1.54, 1.807) is 0 Å². The Morgan fingerprint density at radius 1 is 1.13 bits per heavy atom. The quantitative estimate of drug-likeness (QED) is 0.784. The number of imide groups is 1. The molecule has 126 valence electrons. The van der Waals surface area contributed by atoms with Gasteiger partial charge in [0.05, 0.1) is 6.42 Å². The van der Waals surface area contributed by atoms with Crippen LogP contribution in [0.2, 0.25) is 0 Å². The van der Waals surface area contributed by atoms with Crippen LogP contribution >= 0.6 is 0 Å². The van der Waals surface area contributed by atoms with Crippen molar-refractivity contribution in [2.24, 2.45) is 5.92 Å². The zero-order chi connectivity index (χ0) is 17.4. The third kappa shape index (κ3) is 7.44. The van der Waals surface area contributed by atoms with Gasteiger partial charge in [0.25, 0.3) is 5.91 Å². The zero-order valence-corrected chi connectivity index (χ0v) is 14.1. The summed E-state index contributed by atoms with van der Waals surface area (Å²) in [4.78, 5) is 34.6. The number of esters is 1. The molecule has 6 heteroatoms. The molecule has 1 aromatic carbocycles. The second-order valence-corrected chi connectivity index (χ2v) is 5.91. The molecule has 0 spiro atoms. The van der Waals surface area contributed by atoms with Crippen LogP contribution in [0.15, 0.2) is 18.2 Å². The van der Waals surface area contributed by atoms with Crippen LogP contribution in [0.1, 0.15) is 30.5 Å². The highest BCUT2D eigenvalue weighted by atomic mass is 16.5. The van der Waals surface area contributed by atoms with Crippen LogP contribution in [0, 0.1) is 19.8 Å². The topological polar surface area (TPSA) is 84.5 Å². The maximum atomic E-state index is 11.7. The molecular formula is C17H24N2O4. The molecule has 6 nitrogen and oxygen atoms in total. The molecule has 0 fully saturated rings. The number of carbonyl (C=O) groups is 3.